The largest absolute Gasteiger partial charge is 0.490 e. The van der Waals surface area contributed by atoms with Gasteiger partial charge in [0.25, 0.3) is 0 Å². The van der Waals surface area contributed by atoms with Crippen LogP contribution in [-0.4, -0.2) is 43.4 Å². The molecule has 0 aliphatic carbocycles. The first-order valence-corrected chi connectivity index (χ1v) is 7.41. The lowest BCUT2D eigenvalue weighted by atomic mass is 10.1. The van der Waals surface area contributed by atoms with Crippen molar-refractivity contribution in [3.63, 3.8) is 0 Å². The highest BCUT2D eigenvalue weighted by atomic mass is 16.5. The number of aromatic nitrogens is 1. The average Bonchev–Trinajstić information content (AvgIpc) is 2.52. The van der Waals surface area contributed by atoms with Gasteiger partial charge in [0, 0.05) is 32.0 Å². The van der Waals surface area contributed by atoms with E-state index in [-0.39, 0.29) is 6.04 Å². The predicted octanol–water partition coefficient (Wildman–Crippen LogP) is 1.12. The summed E-state index contributed by atoms with van der Waals surface area (Å²) in [6.07, 6.45) is 6.69. The number of nitrogens with one attached hydrogen (secondary N) is 1. The van der Waals surface area contributed by atoms with Gasteiger partial charge in [-0.2, -0.15) is 0 Å². The van der Waals surface area contributed by atoms with Gasteiger partial charge in [0.05, 0.1) is 12.2 Å². The van der Waals surface area contributed by atoms with E-state index in [0.29, 0.717) is 12.6 Å². The number of aryl methyl sites for hydroxylation is 1. The lowest BCUT2D eigenvalue weighted by molar-refractivity contribution is 0.0772. The molecule has 5 nitrogen and oxygen atoms in total. The Bertz CT molecular complexity index is 394. The minimum atomic E-state index is -0.0110. The smallest absolute Gasteiger partial charge is 0.137 e. The van der Waals surface area contributed by atoms with Crippen LogP contribution in [0.25, 0.3) is 0 Å². The van der Waals surface area contributed by atoms with Gasteiger partial charge in [0.1, 0.15) is 12.4 Å². The van der Waals surface area contributed by atoms with Crippen molar-refractivity contribution in [2.45, 2.75) is 38.3 Å². The van der Waals surface area contributed by atoms with E-state index in [1.165, 1.54) is 5.56 Å². The van der Waals surface area contributed by atoms with Gasteiger partial charge in [0.2, 0.25) is 0 Å². The standard InChI is InChI=1S/C15H25N3O2/c1-2-12-7-15(10-17-8-12)20-11-13(16)9-18-14-3-5-19-6-4-14/h7-8,10,13-14,18H,2-6,9,11,16H2,1H3/t13-/m0/s1. The Hall–Kier alpha value is -1.17. The SMILES string of the molecule is CCc1cncc(OC[C@@H](N)CNC2CCOCC2)c1. The summed E-state index contributed by atoms with van der Waals surface area (Å²) in [7, 11) is 0. The molecule has 0 aromatic carbocycles. The van der Waals surface area contributed by atoms with Crippen molar-refractivity contribution >= 4 is 0 Å². The monoisotopic (exact) mass is 279 g/mol. The summed E-state index contributed by atoms with van der Waals surface area (Å²) in [6.45, 7) is 5.07. The van der Waals surface area contributed by atoms with Crippen LogP contribution in [0.4, 0.5) is 0 Å². The van der Waals surface area contributed by atoms with Gasteiger partial charge in [-0.05, 0) is 30.9 Å². The quantitative estimate of drug-likeness (QED) is 0.783. The maximum Gasteiger partial charge on any atom is 0.137 e. The molecule has 1 aromatic rings. The van der Waals surface area contributed by atoms with E-state index in [1.807, 2.05) is 12.3 Å². The Balaban J connectivity index is 1.67. The van der Waals surface area contributed by atoms with Crippen molar-refractivity contribution in [1.82, 2.24) is 10.3 Å². The molecule has 1 atom stereocenters. The summed E-state index contributed by atoms with van der Waals surface area (Å²) in [5.74, 6) is 0.797. The second-order valence-corrected chi connectivity index (χ2v) is 5.25. The molecule has 2 heterocycles. The van der Waals surface area contributed by atoms with E-state index in [2.05, 4.69) is 17.2 Å². The van der Waals surface area contributed by atoms with Crippen molar-refractivity contribution in [2.24, 2.45) is 5.73 Å². The highest BCUT2D eigenvalue weighted by Crippen LogP contribution is 2.11. The third-order valence-corrected chi connectivity index (χ3v) is 3.53. The summed E-state index contributed by atoms with van der Waals surface area (Å²) in [5, 5.41) is 3.48. The zero-order valence-electron chi connectivity index (χ0n) is 12.2. The van der Waals surface area contributed by atoms with Crippen molar-refractivity contribution in [3.05, 3.63) is 24.0 Å². The zero-order valence-corrected chi connectivity index (χ0v) is 12.2. The molecule has 112 valence electrons. The molecule has 3 N–H and O–H groups in total. The third-order valence-electron chi connectivity index (χ3n) is 3.53. The molecular weight excluding hydrogens is 254 g/mol. The van der Waals surface area contributed by atoms with Crippen molar-refractivity contribution in [2.75, 3.05) is 26.4 Å². The first kappa shape index (κ1) is 15.2. The fourth-order valence-electron chi connectivity index (χ4n) is 2.22. The minimum absolute atomic E-state index is 0.0110. The van der Waals surface area contributed by atoms with E-state index in [0.717, 1.165) is 44.8 Å². The van der Waals surface area contributed by atoms with Crippen molar-refractivity contribution in [1.29, 1.82) is 0 Å². The molecule has 1 saturated heterocycles. The van der Waals surface area contributed by atoms with Crippen LogP contribution in [0.3, 0.4) is 0 Å². The van der Waals surface area contributed by atoms with Crippen LogP contribution in [0.1, 0.15) is 25.3 Å². The Morgan fingerprint density at radius 2 is 2.25 bits per heavy atom. The minimum Gasteiger partial charge on any atom is -0.490 e. The lowest BCUT2D eigenvalue weighted by Crippen LogP contribution is -2.44. The summed E-state index contributed by atoms with van der Waals surface area (Å²) in [4.78, 5) is 4.16. The highest BCUT2D eigenvalue weighted by Gasteiger charge is 2.14. The van der Waals surface area contributed by atoms with Gasteiger partial charge in [-0.1, -0.05) is 6.92 Å². The molecule has 1 aliphatic heterocycles. The van der Waals surface area contributed by atoms with Crippen LogP contribution in [0.15, 0.2) is 18.5 Å². The fourth-order valence-corrected chi connectivity index (χ4v) is 2.22. The Morgan fingerprint density at radius 3 is 3.00 bits per heavy atom. The molecule has 0 saturated carbocycles. The van der Waals surface area contributed by atoms with Crippen LogP contribution in [0, 0.1) is 0 Å². The lowest BCUT2D eigenvalue weighted by Gasteiger charge is -2.24. The van der Waals surface area contributed by atoms with Crippen LogP contribution in [0.5, 0.6) is 5.75 Å². The number of nitrogens with two attached hydrogens (primary N) is 1. The van der Waals surface area contributed by atoms with Crippen LogP contribution in [-0.2, 0) is 11.2 Å². The second-order valence-electron chi connectivity index (χ2n) is 5.25. The highest BCUT2D eigenvalue weighted by molar-refractivity contribution is 5.23. The summed E-state index contributed by atoms with van der Waals surface area (Å²) < 4.78 is 11.0. The molecular formula is C15H25N3O2. The normalized spacial score (nSPS) is 17.9. The number of hydrogen-bond acceptors (Lipinski definition) is 5. The summed E-state index contributed by atoms with van der Waals surface area (Å²) in [6, 6.07) is 2.54. The molecule has 1 aliphatic rings. The van der Waals surface area contributed by atoms with Gasteiger partial charge in [-0.25, -0.2) is 0 Å². The van der Waals surface area contributed by atoms with E-state index in [1.54, 1.807) is 6.20 Å². The number of nitrogens with zero attached hydrogens (tertiary/aromatic N) is 1. The maximum atomic E-state index is 6.07. The van der Waals surface area contributed by atoms with E-state index in [9.17, 15) is 0 Å². The van der Waals surface area contributed by atoms with Crippen molar-refractivity contribution in [3.8, 4) is 5.75 Å². The molecule has 5 heteroatoms. The van der Waals surface area contributed by atoms with Crippen LogP contribution in [0.2, 0.25) is 0 Å². The number of rotatable bonds is 7. The molecule has 0 bridgehead atoms. The maximum absolute atomic E-state index is 6.07. The van der Waals surface area contributed by atoms with Crippen LogP contribution >= 0.6 is 0 Å². The topological polar surface area (TPSA) is 69.4 Å². The van der Waals surface area contributed by atoms with Gasteiger partial charge < -0.3 is 20.5 Å². The Labute approximate surface area is 120 Å². The van der Waals surface area contributed by atoms with Gasteiger partial charge >= 0.3 is 0 Å². The van der Waals surface area contributed by atoms with E-state index < -0.39 is 0 Å². The number of ether oxygens (including phenoxy) is 2. The third kappa shape index (κ3) is 5.07. The second kappa shape index (κ2) is 8.19. The number of hydrogen-bond donors (Lipinski definition) is 2. The molecule has 0 amide bonds. The molecule has 2 rings (SSSR count). The predicted molar refractivity (Wildman–Crippen MR) is 78.9 cm³/mol. The molecule has 1 fully saturated rings. The summed E-state index contributed by atoms with van der Waals surface area (Å²) >= 11 is 0. The van der Waals surface area contributed by atoms with Crippen LogP contribution < -0.4 is 15.8 Å². The first-order valence-electron chi connectivity index (χ1n) is 7.41. The molecule has 0 unspecified atom stereocenters. The van der Waals surface area contributed by atoms with E-state index >= 15 is 0 Å². The molecule has 0 radical (unpaired) electrons. The molecule has 20 heavy (non-hydrogen) atoms. The van der Waals surface area contributed by atoms with Gasteiger partial charge in [-0.3, -0.25) is 4.98 Å². The number of pyridine rings is 1. The van der Waals surface area contributed by atoms with Crippen molar-refractivity contribution < 1.29 is 9.47 Å². The van der Waals surface area contributed by atoms with E-state index in [4.69, 9.17) is 15.2 Å². The first-order chi connectivity index (χ1) is 9.78. The average molecular weight is 279 g/mol. The Morgan fingerprint density at radius 1 is 1.45 bits per heavy atom. The zero-order chi connectivity index (χ0) is 14.2. The van der Waals surface area contributed by atoms with Gasteiger partial charge in [0.15, 0.2) is 0 Å². The molecule has 1 aromatic heterocycles. The van der Waals surface area contributed by atoms with Gasteiger partial charge in [-0.15, -0.1) is 0 Å². The molecule has 0 spiro atoms. The fraction of sp³-hybridized carbons (Fsp3) is 0.667. The summed E-state index contributed by atoms with van der Waals surface area (Å²) in [5.41, 5.74) is 7.25. The Kier molecular flexibility index (Phi) is 6.24.